The molecule has 1 aliphatic carbocycles. The first-order valence-corrected chi connectivity index (χ1v) is 11.3. The number of ether oxygens (including phenoxy) is 1. The summed E-state index contributed by atoms with van der Waals surface area (Å²) in [6.45, 7) is 7.32. The van der Waals surface area contributed by atoms with Crippen LogP contribution < -0.4 is 4.74 Å². The first kappa shape index (κ1) is 21.2. The van der Waals surface area contributed by atoms with Gasteiger partial charge in [0.2, 0.25) is 5.91 Å². The number of carbonyl (C=O) groups excluding carboxylic acids is 1. The molecular weight excluding hydrogens is 348 g/mol. The fraction of sp³-hybridized carbons (Fsp3) is 0.708. The number of hydrogen-bond donors (Lipinski definition) is 0. The maximum Gasteiger partial charge on any atom is 0.222 e. The van der Waals surface area contributed by atoms with E-state index in [4.69, 9.17) is 4.74 Å². The Labute approximate surface area is 171 Å². The van der Waals surface area contributed by atoms with Crippen molar-refractivity contribution < 1.29 is 9.53 Å². The van der Waals surface area contributed by atoms with Gasteiger partial charge < -0.3 is 14.5 Å². The summed E-state index contributed by atoms with van der Waals surface area (Å²) in [6.07, 6.45) is 9.47. The molecule has 156 valence electrons. The van der Waals surface area contributed by atoms with Gasteiger partial charge in [-0.15, -0.1) is 0 Å². The number of methoxy groups -OCH3 is 1. The molecule has 0 N–H and O–H groups in total. The van der Waals surface area contributed by atoms with Crippen molar-refractivity contribution in [3.05, 3.63) is 29.8 Å². The van der Waals surface area contributed by atoms with Gasteiger partial charge >= 0.3 is 0 Å². The molecule has 1 aromatic rings. The van der Waals surface area contributed by atoms with Crippen LogP contribution in [0.25, 0.3) is 0 Å². The summed E-state index contributed by atoms with van der Waals surface area (Å²) >= 11 is 0. The van der Waals surface area contributed by atoms with Crippen LogP contribution in [0.5, 0.6) is 5.75 Å². The minimum absolute atomic E-state index is 0.392. The molecule has 0 spiro atoms. The van der Waals surface area contributed by atoms with Gasteiger partial charge in [-0.05, 0) is 75.1 Å². The molecule has 2 fully saturated rings. The molecule has 1 saturated heterocycles. The number of piperidine rings is 1. The Morgan fingerprint density at radius 2 is 1.96 bits per heavy atom. The van der Waals surface area contributed by atoms with Crippen LogP contribution in [0.2, 0.25) is 0 Å². The average molecular weight is 387 g/mol. The molecule has 0 unspecified atom stereocenters. The first-order chi connectivity index (χ1) is 13.7. The molecule has 1 heterocycles. The maximum atomic E-state index is 12.8. The number of amides is 1. The summed E-state index contributed by atoms with van der Waals surface area (Å²) in [6, 6.07) is 8.40. The third-order valence-corrected chi connectivity index (χ3v) is 6.61. The molecule has 1 saturated carbocycles. The largest absolute Gasteiger partial charge is 0.497 e. The first-order valence-electron chi connectivity index (χ1n) is 11.3. The highest BCUT2D eigenvalue weighted by atomic mass is 16.5. The Balaban J connectivity index is 1.45. The van der Waals surface area contributed by atoms with Gasteiger partial charge in [0, 0.05) is 32.6 Å². The minimum atomic E-state index is 0.392. The minimum Gasteiger partial charge on any atom is -0.497 e. The summed E-state index contributed by atoms with van der Waals surface area (Å²) in [5.41, 5.74) is 1.34. The zero-order chi connectivity index (χ0) is 19.8. The lowest BCUT2D eigenvalue weighted by Gasteiger charge is -2.35. The van der Waals surface area contributed by atoms with E-state index in [1.54, 1.807) is 7.11 Å². The third-order valence-electron chi connectivity index (χ3n) is 6.61. The van der Waals surface area contributed by atoms with Crippen LogP contribution in [0.15, 0.2) is 24.3 Å². The lowest BCUT2D eigenvalue weighted by atomic mass is 9.96. The Bertz CT molecular complexity index is 612. The Morgan fingerprint density at radius 1 is 1.18 bits per heavy atom. The second kappa shape index (κ2) is 10.8. The second-order valence-corrected chi connectivity index (χ2v) is 8.70. The molecule has 4 heteroatoms. The fourth-order valence-corrected chi connectivity index (χ4v) is 4.93. The fourth-order valence-electron chi connectivity index (χ4n) is 4.93. The van der Waals surface area contributed by atoms with E-state index in [0.29, 0.717) is 17.7 Å². The highest BCUT2D eigenvalue weighted by molar-refractivity contribution is 5.76. The van der Waals surface area contributed by atoms with Crippen LogP contribution in [-0.2, 0) is 11.2 Å². The van der Waals surface area contributed by atoms with Gasteiger partial charge in [-0.1, -0.05) is 25.0 Å². The van der Waals surface area contributed by atoms with E-state index in [1.807, 2.05) is 6.07 Å². The van der Waals surface area contributed by atoms with E-state index >= 15 is 0 Å². The van der Waals surface area contributed by atoms with E-state index in [9.17, 15) is 4.79 Å². The summed E-state index contributed by atoms with van der Waals surface area (Å²) in [4.78, 5) is 17.5. The molecule has 1 aliphatic heterocycles. The van der Waals surface area contributed by atoms with E-state index in [-0.39, 0.29) is 0 Å². The third kappa shape index (κ3) is 6.23. The molecule has 4 nitrogen and oxygen atoms in total. The standard InChI is InChI=1S/C24H38N2O2/c1-3-26(24(27)17-20-8-4-5-9-20)19-22-11-7-14-25(18-22)15-13-21-10-6-12-23(16-21)28-2/h6,10,12,16,20,22H,3-5,7-9,11,13-15,17-19H2,1-2H3/t22-/m1/s1. The number of nitrogens with zero attached hydrogens (tertiary/aromatic N) is 2. The lowest BCUT2D eigenvalue weighted by Crippen LogP contribution is -2.43. The summed E-state index contributed by atoms with van der Waals surface area (Å²) < 4.78 is 5.34. The highest BCUT2D eigenvalue weighted by Crippen LogP contribution is 2.28. The van der Waals surface area contributed by atoms with Crippen molar-refractivity contribution in [2.45, 2.75) is 58.3 Å². The summed E-state index contributed by atoms with van der Waals surface area (Å²) in [7, 11) is 1.72. The van der Waals surface area contributed by atoms with Crippen molar-refractivity contribution >= 4 is 5.91 Å². The normalized spacial score (nSPS) is 21.0. The molecule has 2 aliphatic rings. The average Bonchev–Trinajstić information content (AvgIpc) is 3.24. The molecule has 28 heavy (non-hydrogen) atoms. The van der Waals surface area contributed by atoms with Crippen molar-refractivity contribution in [1.29, 1.82) is 0 Å². The van der Waals surface area contributed by atoms with E-state index in [0.717, 1.165) is 44.8 Å². The monoisotopic (exact) mass is 386 g/mol. The maximum absolute atomic E-state index is 12.8. The zero-order valence-corrected chi connectivity index (χ0v) is 17.9. The smallest absolute Gasteiger partial charge is 0.222 e. The quantitative estimate of drug-likeness (QED) is 0.631. The van der Waals surface area contributed by atoms with E-state index < -0.39 is 0 Å². The number of likely N-dealkylation sites (tertiary alicyclic amines) is 1. The molecule has 1 amide bonds. The van der Waals surface area contributed by atoms with Gasteiger partial charge in [0.15, 0.2) is 0 Å². The van der Waals surface area contributed by atoms with Gasteiger partial charge in [-0.25, -0.2) is 0 Å². The predicted molar refractivity (Wildman–Crippen MR) is 115 cm³/mol. The molecular formula is C24H38N2O2. The predicted octanol–water partition coefficient (Wildman–Crippen LogP) is 4.38. The molecule has 1 atom stereocenters. The van der Waals surface area contributed by atoms with Crippen LogP contribution in [-0.4, -0.2) is 55.5 Å². The van der Waals surface area contributed by atoms with Crippen LogP contribution in [0, 0.1) is 11.8 Å². The SMILES string of the molecule is CCN(C[C@@H]1CCCN(CCc2cccc(OC)c2)C1)C(=O)CC1CCCC1. The summed E-state index contributed by atoms with van der Waals surface area (Å²) in [5, 5.41) is 0. The molecule has 0 aromatic heterocycles. The number of benzene rings is 1. The van der Waals surface area contributed by atoms with Crippen molar-refractivity contribution in [2.75, 3.05) is 39.8 Å². The summed E-state index contributed by atoms with van der Waals surface area (Å²) in [5.74, 6) is 2.59. The van der Waals surface area contributed by atoms with Crippen LogP contribution in [0.3, 0.4) is 0 Å². The topological polar surface area (TPSA) is 32.8 Å². The molecule has 0 radical (unpaired) electrons. The zero-order valence-electron chi connectivity index (χ0n) is 17.9. The Hall–Kier alpha value is -1.55. The van der Waals surface area contributed by atoms with Crippen LogP contribution >= 0.6 is 0 Å². The number of hydrogen-bond acceptors (Lipinski definition) is 3. The van der Waals surface area contributed by atoms with Crippen molar-refractivity contribution in [1.82, 2.24) is 9.80 Å². The molecule has 3 rings (SSSR count). The van der Waals surface area contributed by atoms with Crippen molar-refractivity contribution in [3.8, 4) is 5.75 Å². The second-order valence-electron chi connectivity index (χ2n) is 8.70. The van der Waals surface area contributed by atoms with E-state index in [1.165, 1.54) is 50.6 Å². The van der Waals surface area contributed by atoms with Crippen molar-refractivity contribution in [3.63, 3.8) is 0 Å². The van der Waals surface area contributed by atoms with Gasteiger partial charge in [0.1, 0.15) is 5.75 Å². The van der Waals surface area contributed by atoms with Crippen molar-refractivity contribution in [2.24, 2.45) is 11.8 Å². The lowest BCUT2D eigenvalue weighted by molar-refractivity contribution is -0.132. The number of rotatable bonds is 9. The number of carbonyl (C=O) groups is 1. The Kier molecular flexibility index (Phi) is 8.20. The van der Waals surface area contributed by atoms with Crippen LogP contribution in [0.4, 0.5) is 0 Å². The Morgan fingerprint density at radius 3 is 2.71 bits per heavy atom. The van der Waals surface area contributed by atoms with Gasteiger partial charge in [-0.2, -0.15) is 0 Å². The van der Waals surface area contributed by atoms with Crippen LogP contribution in [0.1, 0.15) is 57.4 Å². The van der Waals surface area contributed by atoms with Gasteiger partial charge in [0.05, 0.1) is 7.11 Å². The highest BCUT2D eigenvalue weighted by Gasteiger charge is 2.26. The van der Waals surface area contributed by atoms with Gasteiger partial charge in [0.25, 0.3) is 0 Å². The van der Waals surface area contributed by atoms with Gasteiger partial charge in [-0.3, -0.25) is 4.79 Å². The molecule has 1 aromatic carbocycles. The van der Waals surface area contributed by atoms with E-state index in [2.05, 4.69) is 34.9 Å². The molecule has 0 bridgehead atoms.